The van der Waals surface area contributed by atoms with Crippen LogP contribution in [0.3, 0.4) is 0 Å². The molecule has 4 nitrogen and oxygen atoms in total. The van der Waals surface area contributed by atoms with Gasteiger partial charge in [-0.15, -0.1) is 0 Å². The van der Waals surface area contributed by atoms with Gasteiger partial charge in [-0.1, -0.05) is 30.3 Å². The van der Waals surface area contributed by atoms with Crippen LogP contribution in [0.15, 0.2) is 53.8 Å². The summed E-state index contributed by atoms with van der Waals surface area (Å²) in [6.07, 6.45) is 5.68. The van der Waals surface area contributed by atoms with Crippen LogP contribution >= 0.6 is 0 Å². The van der Waals surface area contributed by atoms with Crippen LogP contribution < -0.4 is 10.6 Å². The van der Waals surface area contributed by atoms with E-state index >= 15 is 0 Å². The Morgan fingerprint density at radius 3 is 2.65 bits per heavy atom. The molecule has 0 atom stereocenters. The molecule has 0 amide bonds. The monoisotopic (exact) mass is 310 g/mol. The van der Waals surface area contributed by atoms with Crippen LogP contribution in [-0.2, 0) is 12.8 Å². The molecule has 4 heteroatoms. The van der Waals surface area contributed by atoms with E-state index in [1.807, 2.05) is 18.5 Å². The second-order valence-corrected chi connectivity index (χ2v) is 5.48. The molecule has 0 saturated carbocycles. The summed E-state index contributed by atoms with van der Waals surface area (Å²) >= 11 is 0. The number of hydrogen-bond acceptors (Lipinski definition) is 2. The molecular weight excluding hydrogens is 284 g/mol. The second-order valence-electron chi connectivity index (χ2n) is 5.48. The summed E-state index contributed by atoms with van der Waals surface area (Å²) < 4.78 is 0. The SMILES string of the molecule is CCNC(=NCCc1ccncc1C)NCCc1ccccc1. The van der Waals surface area contributed by atoms with E-state index in [2.05, 4.69) is 64.8 Å². The third-order valence-corrected chi connectivity index (χ3v) is 3.68. The molecule has 2 rings (SSSR count). The standard InChI is InChI=1S/C19H26N4/c1-3-21-19(22-13-9-17-7-5-4-6-8-17)23-14-11-18-10-12-20-15-16(18)2/h4-8,10,12,15H,3,9,11,13-14H2,1-2H3,(H2,21,22,23). The third kappa shape index (κ3) is 6.10. The van der Waals surface area contributed by atoms with Gasteiger partial charge in [-0.3, -0.25) is 9.98 Å². The van der Waals surface area contributed by atoms with E-state index in [1.165, 1.54) is 16.7 Å². The van der Waals surface area contributed by atoms with E-state index in [0.29, 0.717) is 0 Å². The van der Waals surface area contributed by atoms with Gasteiger partial charge < -0.3 is 10.6 Å². The molecule has 0 spiro atoms. The number of hydrogen-bond donors (Lipinski definition) is 2. The number of rotatable bonds is 7. The Morgan fingerprint density at radius 2 is 1.91 bits per heavy atom. The highest BCUT2D eigenvalue weighted by molar-refractivity contribution is 5.79. The summed E-state index contributed by atoms with van der Waals surface area (Å²) in [5, 5.41) is 6.69. The van der Waals surface area contributed by atoms with Gasteiger partial charge in [-0.25, -0.2) is 0 Å². The predicted molar refractivity (Wildman–Crippen MR) is 96.8 cm³/mol. The fourth-order valence-electron chi connectivity index (χ4n) is 2.38. The fraction of sp³-hybridized carbons (Fsp3) is 0.368. The number of aromatic nitrogens is 1. The van der Waals surface area contributed by atoms with E-state index in [4.69, 9.17) is 0 Å². The topological polar surface area (TPSA) is 49.3 Å². The van der Waals surface area contributed by atoms with Crippen molar-refractivity contribution in [1.29, 1.82) is 0 Å². The zero-order valence-corrected chi connectivity index (χ0v) is 14.0. The van der Waals surface area contributed by atoms with Crippen molar-refractivity contribution in [2.45, 2.75) is 26.7 Å². The van der Waals surface area contributed by atoms with Gasteiger partial charge in [-0.05, 0) is 49.4 Å². The molecule has 1 aromatic carbocycles. The number of guanidine groups is 1. The molecular formula is C19H26N4. The Kier molecular flexibility index (Phi) is 7.11. The van der Waals surface area contributed by atoms with Crippen molar-refractivity contribution in [3.8, 4) is 0 Å². The number of nitrogens with zero attached hydrogens (tertiary/aromatic N) is 2. The van der Waals surface area contributed by atoms with E-state index in [1.54, 1.807) is 0 Å². The van der Waals surface area contributed by atoms with Gasteiger partial charge >= 0.3 is 0 Å². The lowest BCUT2D eigenvalue weighted by molar-refractivity contribution is 0.796. The first-order chi connectivity index (χ1) is 11.3. The highest BCUT2D eigenvalue weighted by Gasteiger charge is 2.00. The van der Waals surface area contributed by atoms with Crippen LogP contribution in [0.4, 0.5) is 0 Å². The molecule has 0 unspecified atom stereocenters. The largest absolute Gasteiger partial charge is 0.357 e. The quantitative estimate of drug-likeness (QED) is 0.611. The number of pyridine rings is 1. The van der Waals surface area contributed by atoms with E-state index in [9.17, 15) is 0 Å². The molecule has 2 aromatic rings. The van der Waals surface area contributed by atoms with Crippen molar-refractivity contribution in [3.05, 3.63) is 65.5 Å². The molecule has 122 valence electrons. The van der Waals surface area contributed by atoms with Crippen molar-refractivity contribution in [1.82, 2.24) is 15.6 Å². The van der Waals surface area contributed by atoms with Crippen LogP contribution in [0, 0.1) is 6.92 Å². The van der Waals surface area contributed by atoms with E-state index in [0.717, 1.165) is 38.4 Å². The number of aliphatic imine (C=N–C) groups is 1. The number of aryl methyl sites for hydroxylation is 1. The zero-order valence-electron chi connectivity index (χ0n) is 14.0. The molecule has 0 aliphatic rings. The molecule has 1 heterocycles. The number of nitrogens with one attached hydrogen (secondary N) is 2. The Hall–Kier alpha value is -2.36. The summed E-state index contributed by atoms with van der Waals surface area (Å²) in [5.74, 6) is 0.884. The molecule has 0 fully saturated rings. The normalized spacial score (nSPS) is 11.3. The van der Waals surface area contributed by atoms with Gasteiger partial charge in [0.25, 0.3) is 0 Å². The second kappa shape index (κ2) is 9.62. The molecule has 0 radical (unpaired) electrons. The van der Waals surface area contributed by atoms with Crippen LogP contribution in [0.1, 0.15) is 23.6 Å². The van der Waals surface area contributed by atoms with Crippen molar-refractivity contribution < 1.29 is 0 Å². The maximum absolute atomic E-state index is 4.66. The highest BCUT2D eigenvalue weighted by Crippen LogP contribution is 2.05. The lowest BCUT2D eigenvalue weighted by Gasteiger charge is -2.11. The number of benzene rings is 1. The average Bonchev–Trinajstić information content (AvgIpc) is 2.57. The van der Waals surface area contributed by atoms with Crippen LogP contribution in [0.5, 0.6) is 0 Å². The van der Waals surface area contributed by atoms with Crippen molar-refractivity contribution in [2.75, 3.05) is 19.6 Å². The third-order valence-electron chi connectivity index (χ3n) is 3.68. The summed E-state index contributed by atoms with van der Waals surface area (Å²) in [6.45, 7) is 6.69. The maximum atomic E-state index is 4.66. The lowest BCUT2D eigenvalue weighted by atomic mass is 10.1. The van der Waals surface area contributed by atoms with Gasteiger partial charge in [0.2, 0.25) is 0 Å². The van der Waals surface area contributed by atoms with Crippen LogP contribution in [0.2, 0.25) is 0 Å². The van der Waals surface area contributed by atoms with E-state index < -0.39 is 0 Å². The van der Waals surface area contributed by atoms with Crippen molar-refractivity contribution >= 4 is 5.96 Å². The van der Waals surface area contributed by atoms with E-state index in [-0.39, 0.29) is 0 Å². The molecule has 0 aliphatic heterocycles. The van der Waals surface area contributed by atoms with Crippen LogP contribution in [-0.4, -0.2) is 30.6 Å². The maximum Gasteiger partial charge on any atom is 0.191 e. The Morgan fingerprint density at radius 1 is 1.09 bits per heavy atom. The molecule has 2 N–H and O–H groups in total. The smallest absolute Gasteiger partial charge is 0.191 e. The summed E-state index contributed by atoms with van der Waals surface area (Å²) in [7, 11) is 0. The summed E-state index contributed by atoms with van der Waals surface area (Å²) in [6, 6.07) is 12.6. The predicted octanol–water partition coefficient (Wildman–Crippen LogP) is 2.73. The minimum absolute atomic E-state index is 0.769. The minimum Gasteiger partial charge on any atom is -0.357 e. The van der Waals surface area contributed by atoms with Gasteiger partial charge in [0.15, 0.2) is 5.96 Å². The summed E-state index contributed by atoms with van der Waals surface area (Å²) in [5.41, 5.74) is 3.87. The van der Waals surface area contributed by atoms with Crippen molar-refractivity contribution in [2.24, 2.45) is 4.99 Å². The highest BCUT2D eigenvalue weighted by atomic mass is 15.2. The van der Waals surface area contributed by atoms with Gasteiger partial charge in [0.1, 0.15) is 0 Å². The fourth-order valence-corrected chi connectivity index (χ4v) is 2.38. The lowest BCUT2D eigenvalue weighted by Crippen LogP contribution is -2.38. The molecule has 0 bridgehead atoms. The summed E-state index contributed by atoms with van der Waals surface area (Å²) in [4.78, 5) is 8.78. The zero-order chi connectivity index (χ0) is 16.3. The van der Waals surface area contributed by atoms with Gasteiger partial charge in [0.05, 0.1) is 0 Å². The Balaban J connectivity index is 1.81. The first-order valence-corrected chi connectivity index (χ1v) is 8.25. The molecule has 0 aliphatic carbocycles. The Labute approximate surface area is 139 Å². The molecule has 1 aromatic heterocycles. The first kappa shape index (κ1) is 17.0. The average molecular weight is 310 g/mol. The first-order valence-electron chi connectivity index (χ1n) is 8.25. The Bertz CT molecular complexity index is 608. The van der Waals surface area contributed by atoms with Crippen LogP contribution in [0.25, 0.3) is 0 Å². The van der Waals surface area contributed by atoms with Crippen molar-refractivity contribution in [3.63, 3.8) is 0 Å². The van der Waals surface area contributed by atoms with Gasteiger partial charge in [-0.2, -0.15) is 0 Å². The van der Waals surface area contributed by atoms with Gasteiger partial charge in [0, 0.05) is 32.0 Å². The minimum atomic E-state index is 0.769. The molecule has 0 saturated heterocycles. The molecule has 23 heavy (non-hydrogen) atoms.